The molecule has 1 aliphatic heterocycles. The normalized spacial score (nSPS) is 22.4. The Kier molecular flexibility index (Phi) is 3.89. The van der Waals surface area contributed by atoms with E-state index in [1.54, 1.807) is 0 Å². The average Bonchev–Trinajstić information content (AvgIpc) is 3.25. The van der Waals surface area contributed by atoms with Crippen LogP contribution in [0.25, 0.3) is 16.6 Å². The van der Waals surface area contributed by atoms with Crippen LogP contribution in [0.3, 0.4) is 0 Å². The predicted molar refractivity (Wildman–Crippen MR) is 99.6 cm³/mol. The molecular formula is C21H27N3O. The van der Waals surface area contributed by atoms with Crippen LogP contribution in [0.1, 0.15) is 67.9 Å². The molecule has 2 aromatic heterocycles. The highest BCUT2D eigenvalue weighted by Crippen LogP contribution is 2.41. The van der Waals surface area contributed by atoms with Crippen LogP contribution in [0.5, 0.6) is 0 Å². The number of rotatable bonds is 2. The maximum absolute atomic E-state index is 5.57. The first-order valence-electron chi connectivity index (χ1n) is 9.95. The molecule has 3 heterocycles. The third kappa shape index (κ3) is 2.53. The van der Waals surface area contributed by atoms with Gasteiger partial charge in [-0.05, 0) is 37.2 Å². The van der Waals surface area contributed by atoms with E-state index in [9.17, 15) is 0 Å². The Morgan fingerprint density at radius 3 is 2.64 bits per heavy atom. The number of imidazole rings is 1. The summed E-state index contributed by atoms with van der Waals surface area (Å²) in [5.41, 5.74) is 6.47. The van der Waals surface area contributed by atoms with Crippen molar-refractivity contribution in [2.45, 2.75) is 57.3 Å². The van der Waals surface area contributed by atoms with Gasteiger partial charge in [-0.3, -0.25) is 4.98 Å². The molecule has 3 aliphatic rings. The fourth-order valence-electron chi connectivity index (χ4n) is 5.07. The molecule has 1 saturated heterocycles. The van der Waals surface area contributed by atoms with Gasteiger partial charge in [0.05, 0.1) is 22.9 Å². The number of allylic oxidation sites excluding steroid dienone is 2. The fraction of sp³-hybridized carbons (Fsp3) is 0.619. The molecule has 132 valence electrons. The largest absolute Gasteiger partial charge is 0.381 e. The summed E-state index contributed by atoms with van der Waals surface area (Å²) in [6, 6.07) is 0. The van der Waals surface area contributed by atoms with Gasteiger partial charge >= 0.3 is 0 Å². The second-order valence-corrected chi connectivity index (χ2v) is 7.93. The minimum atomic E-state index is 0.613. The van der Waals surface area contributed by atoms with Crippen molar-refractivity contribution in [1.82, 2.24) is 14.5 Å². The van der Waals surface area contributed by atoms with Gasteiger partial charge < -0.3 is 9.30 Å². The Bertz CT molecular complexity index is 823. The average molecular weight is 337 g/mol. The molecule has 1 saturated carbocycles. The quantitative estimate of drug-likeness (QED) is 0.816. The number of hydrogen-bond acceptors (Lipinski definition) is 3. The molecule has 0 unspecified atom stereocenters. The number of nitrogens with zero attached hydrogens (tertiary/aromatic N) is 3. The Balaban J connectivity index is 1.60. The minimum absolute atomic E-state index is 0.613. The van der Waals surface area contributed by atoms with Gasteiger partial charge in [0.2, 0.25) is 0 Å². The molecule has 0 bridgehead atoms. The molecule has 2 aromatic rings. The Labute approximate surface area is 149 Å². The van der Waals surface area contributed by atoms with Gasteiger partial charge in [-0.15, -0.1) is 0 Å². The molecule has 25 heavy (non-hydrogen) atoms. The standard InChI is InChI=1S/C21H27N3O/c1-24-18-13-22-17-8-7-16(14-9-11-25-12-10-14)19(17)20(18)23-21(24)15-5-3-2-4-6-15/h7,13-15H,2-6,8-12H2,1H3. The van der Waals surface area contributed by atoms with Gasteiger partial charge in [-0.1, -0.05) is 25.3 Å². The van der Waals surface area contributed by atoms with Crippen LogP contribution < -0.4 is 0 Å². The van der Waals surface area contributed by atoms with E-state index in [-0.39, 0.29) is 0 Å². The molecule has 0 spiro atoms. The van der Waals surface area contributed by atoms with E-state index in [2.05, 4.69) is 17.7 Å². The number of pyridine rings is 1. The van der Waals surface area contributed by atoms with E-state index in [0.717, 1.165) is 32.5 Å². The van der Waals surface area contributed by atoms with E-state index >= 15 is 0 Å². The summed E-state index contributed by atoms with van der Waals surface area (Å²) in [7, 11) is 2.18. The zero-order valence-electron chi connectivity index (χ0n) is 15.1. The van der Waals surface area contributed by atoms with Gasteiger partial charge in [0.15, 0.2) is 0 Å². The lowest BCUT2D eigenvalue weighted by molar-refractivity contribution is 0.0808. The summed E-state index contributed by atoms with van der Waals surface area (Å²) in [5, 5.41) is 0. The summed E-state index contributed by atoms with van der Waals surface area (Å²) in [6.07, 6.45) is 14.3. The SMILES string of the molecule is Cn1c(C2CCCCC2)nc2c3c(ncc21)CC=C3C1CCOCC1. The third-order valence-electron chi connectivity index (χ3n) is 6.48. The third-order valence-corrected chi connectivity index (χ3v) is 6.48. The lowest BCUT2D eigenvalue weighted by Gasteiger charge is -2.24. The number of aryl methyl sites for hydroxylation is 1. The van der Waals surface area contributed by atoms with Crippen molar-refractivity contribution < 1.29 is 4.74 Å². The minimum Gasteiger partial charge on any atom is -0.381 e. The van der Waals surface area contributed by atoms with E-state index < -0.39 is 0 Å². The molecule has 0 atom stereocenters. The number of aromatic nitrogens is 3. The highest BCUT2D eigenvalue weighted by molar-refractivity contribution is 5.92. The van der Waals surface area contributed by atoms with Crippen molar-refractivity contribution in [2.24, 2.45) is 13.0 Å². The van der Waals surface area contributed by atoms with Crippen LogP contribution in [0.2, 0.25) is 0 Å². The number of ether oxygens (including phenoxy) is 1. The molecule has 4 heteroatoms. The molecule has 0 radical (unpaired) electrons. The molecule has 5 rings (SSSR count). The van der Waals surface area contributed by atoms with Crippen LogP contribution in [0, 0.1) is 5.92 Å². The number of hydrogen-bond donors (Lipinski definition) is 0. The van der Waals surface area contributed by atoms with Crippen LogP contribution >= 0.6 is 0 Å². The molecule has 4 nitrogen and oxygen atoms in total. The van der Waals surface area contributed by atoms with Crippen molar-refractivity contribution in [3.05, 3.63) is 29.4 Å². The van der Waals surface area contributed by atoms with E-state index in [0.29, 0.717) is 11.8 Å². The summed E-state index contributed by atoms with van der Waals surface area (Å²) in [6.45, 7) is 1.77. The lowest BCUT2D eigenvalue weighted by Crippen LogP contribution is -2.16. The smallest absolute Gasteiger partial charge is 0.112 e. The topological polar surface area (TPSA) is 39.9 Å². The van der Waals surface area contributed by atoms with Crippen molar-refractivity contribution >= 4 is 16.6 Å². The second kappa shape index (κ2) is 6.24. The van der Waals surface area contributed by atoms with Crippen molar-refractivity contribution in [1.29, 1.82) is 0 Å². The highest BCUT2D eigenvalue weighted by atomic mass is 16.5. The van der Waals surface area contributed by atoms with Crippen LogP contribution in [0.4, 0.5) is 0 Å². The molecule has 0 N–H and O–H groups in total. The van der Waals surface area contributed by atoms with Crippen molar-refractivity contribution in [2.75, 3.05) is 13.2 Å². The Morgan fingerprint density at radius 2 is 1.84 bits per heavy atom. The van der Waals surface area contributed by atoms with E-state index in [1.165, 1.54) is 65.8 Å². The van der Waals surface area contributed by atoms with Gasteiger partial charge in [0.1, 0.15) is 5.82 Å². The lowest BCUT2D eigenvalue weighted by atomic mass is 9.88. The second-order valence-electron chi connectivity index (χ2n) is 7.93. The summed E-state index contributed by atoms with van der Waals surface area (Å²) in [4.78, 5) is 10.0. The summed E-state index contributed by atoms with van der Waals surface area (Å²) in [5.74, 6) is 2.52. The van der Waals surface area contributed by atoms with Gasteiger partial charge in [0, 0.05) is 38.2 Å². The molecule has 0 aromatic carbocycles. The summed E-state index contributed by atoms with van der Waals surface area (Å²) >= 11 is 0. The zero-order chi connectivity index (χ0) is 16.8. The maximum atomic E-state index is 5.57. The van der Waals surface area contributed by atoms with Crippen molar-refractivity contribution in [3.63, 3.8) is 0 Å². The van der Waals surface area contributed by atoms with Crippen LogP contribution in [-0.4, -0.2) is 27.7 Å². The Morgan fingerprint density at radius 1 is 1.04 bits per heavy atom. The van der Waals surface area contributed by atoms with E-state index in [1.807, 2.05) is 6.20 Å². The first-order valence-corrected chi connectivity index (χ1v) is 9.95. The first kappa shape index (κ1) is 15.6. The van der Waals surface area contributed by atoms with Crippen molar-refractivity contribution in [3.8, 4) is 0 Å². The molecular weight excluding hydrogens is 310 g/mol. The first-order chi connectivity index (χ1) is 12.3. The fourth-order valence-corrected chi connectivity index (χ4v) is 5.07. The van der Waals surface area contributed by atoms with Gasteiger partial charge in [-0.2, -0.15) is 0 Å². The van der Waals surface area contributed by atoms with Gasteiger partial charge in [0.25, 0.3) is 0 Å². The molecule has 2 aliphatic carbocycles. The molecule has 0 amide bonds. The maximum Gasteiger partial charge on any atom is 0.112 e. The molecule has 2 fully saturated rings. The monoisotopic (exact) mass is 337 g/mol. The predicted octanol–water partition coefficient (Wildman–Crippen LogP) is 4.38. The highest BCUT2D eigenvalue weighted by Gasteiger charge is 2.29. The van der Waals surface area contributed by atoms with E-state index in [4.69, 9.17) is 14.7 Å². The van der Waals surface area contributed by atoms with Gasteiger partial charge in [-0.25, -0.2) is 4.98 Å². The summed E-state index contributed by atoms with van der Waals surface area (Å²) < 4.78 is 7.89. The van der Waals surface area contributed by atoms with Crippen LogP contribution in [0.15, 0.2) is 12.3 Å². The number of fused-ring (bicyclic) bond motifs is 3. The van der Waals surface area contributed by atoms with Crippen LogP contribution in [-0.2, 0) is 18.2 Å². The zero-order valence-corrected chi connectivity index (χ0v) is 15.1. The Hall–Kier alpha value is -1.68.